The van der Waals surface area contributed by atoms with Crippen LogP contribution in [-0.4, -0.2) is 86.2 Å². The first kappa shape index (κ1) is 27.8. The van der Waals surface area contributed by atoms with Crippen molar-refractivity contribution >= 4 is 44.1 Å². The molecule has 39 heavy (non-hydrogen) atoms. The molecule has 1 aromatic carbocycles. The number of anilines is 1. The van der Waals surface area contributed by atoms with E-state index >= 15 is 0 Å². The first-order valence-corrected chi connectivity index (χ1v) is 15.7. The van der Waals surface area contributed by atoms with Gasteiger partial charge in [-0.1, -0.05) is 12.8 Å². The molecular formula is C27H34N4O6S2. The van der Waals surface area contributed by atoms with Crippen molar-refractivity contribution < 1.29 is 27.5 Å². The molecule has 3 amide bonds. The SMILES string of the molecule is CC(=O)N1CCc2c(sc(NC(=O)c3ccc(S(=O)(=O)N4CCCCCC4)cc3)c2C(=O)N2CCOCC2)C1. The fourth-order valence-electron chi connectivity index (χ4n) is 5.30. The molecule has 0 saturated carbocycles. The Morgan fingerprint density at radius 1 is 0.897 bits per heavy atom. The zero-order valence-electron chi connectivity index (χ0n) is 22.1. The average Bonchev–Trinajstić information content (AvgIpc) is 3.09. The lowest BCUT2D eigenvalue weighted by Gasteiger charge is -2.29. The Morgan fingerprint density at radius 3 is 2.21 bits per heavy atom. The van der Waals surface area contributed by atoms with Crippen molar-refractivity contribution in [3.8, 4) is 0 Å². The summed E-state index contributed by atoms with van der Waals surface area (Å²) in [6.07, 6.45) is 4.29. The minimum absolute atomic E-state index is 0.0316. The van der Waals surface area contributed by atoms with Crippen LogP contribution in [0.3, 0.4) is 0 Å². The van der Waals surface area contributed by atoms with E-state index in [0.29, 0.717) is 75.0 Å². The second kappa shape index (κ2) is 11.7. The Labute approximate surface area is 233 Å². The molecule has 3 aliphatic heterocycles. The van der Waals surface area contributed by atoms with Gasteiger partial charge in [-0.3, -0.25) is 14.4 Å². The van der Waals surface area contributed by atoms with Crippen molar-refractivity contribution in [1.29, 1.82) is 0 Å². The third kappa shape index (κ3) is 5.88. The summed E-state index contributed by atoms with van der Waals surface area (Å²) in [5, 5.41) is 3.37. The maximum Gasteiger partial charge on any atom is 0.257 e. The fourth-order valence-corrected chi connectivity index (χ4v) is 8.06. The predicted molar refractivity (Wildman–Crippen MR) is 147 cm³/mol. The van der Waals surface area contributed by atoms with Crippen LogP contribution in [-0.2, 0) is 32.5 Å². The predicted octanol–water partition coefficient (Wildman–Crippen LogP) is 2.94. The number of thiophene rings is 1. The number of nitrogens with one attached hydrogen (secondary N) is 1. The van der Waals surface area contributed by atoms with Gasteiger partial charge in [0.1, 0.15) is 5.00 Å². The van der Waals surface area contributed by atoms with E-state index in [-0.39, 0.29) is 16.7 Å². The van der Waals surface area contributed by atoms with Crippen molar-refractivity contribution in [2.45, 2.75) is 50.5 Å². The Morgan fingerprint density at radius 2 is 1.56 bits per heavy atom. The number of carbonyl (C=O) groups is 3. The van der Waals surface area contributed by atoms with E-state index in [1.165, 1.54) is 46.8 Å². The molecule has 2 saturated heterocycles. The molecule has 3 aliphatic rings. The largest absolute Gasteiger partial charge is 0.378 e. The molecule has 210 valence electrons. The standard InChI is InChI=1S/C27H34N4O6S2/c1-19(32)30-13-10-22-23(18-30)38-26(24(22)27(34)29-14-16-37-17-15-29)28-25(33)20-6-8-21(9-7-20)39(35,36)31-11-4-2-3-5-12-31/h6-9H,2-5,10-18H2,1H3,(H,28,33). The van der Waals surface area contributed by atoms with Crippen LogP contribution in [0.2, 0.25) is 0 Å². The first-order valence-electron chi connectivity index (χ1n) is 13.4. The molecule has 10 nitrogen and oxygen atoms in total. The van der Waals surface area contributed by atoms with Gasteiger partial charge in [0, 0.05) is 50.1 Å². The summed E-state index contributed by atoms with van der Waals surface area (Å²) < 4.78 is 33.2. The van der Waals surface area contributed by atoms with E-state index < -0.39 is 15.9 Å². The van der Waals surface area contributed by atoms with Crippen LogP contribution in [0.1, 0.15) is 63.8 Å². The summed E-state index contributed by atoms with van der Waals surface area (Å²) in [4.78, 5) is 43.4. The van der Waals surface area contributed by atoms with Crippen LogP contribution in [0.25, 0.3) is 0 Å². The highest BCUT2D eigenvalue weighted by molar-refractivity contribution is 7.89. The molecule has 5 rings (SSSR count). The number of benzene rings is 1. The monoisotopic (exact) mass is 574 g/mol. The highest BCUT2D eigenvalue weighted by Crippen LogP contribution is 2.38. The van der Waals surface area contributed by atoms with Gasteiger partial charge in [0.15, 0.2) is 0 Å². The second-order valence-electron chi connectivity index (χ2n) is 10.1. The molecule has 1 aromatic heterocycles. The zero-order valence-corrected chi connectivity index (χ0v) is 23.7. The zero-order chi connectivity index (χ0) is 27.6. The van der Waals surface area contributed by atoms with Gasteiger partial charge in [-0.05, 0) is 49.1 Å². The van der Waals surface area contributed by atoms with Crippen LogP contribution in [0.4, 0.5) is 5.00 Å². The molecule has 0 aliphatic carbocycles. The number of hydrogen-bond acceptors (Lipinski definition) is 7. The van der Waals surface area contributed by atoms with Crippen molar-refractivity contribution in [2.24, 2.45) is 0 Å². The molecule has 0 bridgehead atoms. The molecule has 0 unspecified atom stereocenters. The van der Waals surface area contributed by atoms with Crippen molar-refractivity contribution in [1.82, 2.24) is 14.1 Å². The van der Waals surface area contributed by atoms with Crippen LogP contribution < -0.4 is 5.32 Å². The minimum Gasteiger partial charge on any atom is -0.378 e. The van der Waals surface area contributed by atoms with Crippen molar-refractivity contribution in [3.63, 3.8) is 0 Å². The summed E-state index contributed by atoms with van der Waals surface area (Å²) in [5.41, 5.74) is 1.66. The number of carbonyl (C=O) groups excluding carboxylic acids is 3. The van der Waals surface area contributed by atoms with Crippen LogP contribution in [0.5, 0.6) is 0 Å². The number of hydrogen-bond donors (Lipinski definition) is 1. The molecule has 0 spiro atoms. The van der Waals surface area contributed by atoms with Gasteiger partial charge in [-0.25, -0.2) is 8.42 Å². The number of nitrogens with zero attached hydrogens (tertiary/aromatic N) is 3. The Hall–Kier alpha value is -2.80. The number of fused-ring (bicyclic) bond motifs is 1. The highest BCUT2D eigenvalue weighted by Gasteiger charge is 2.32. The average molecular weight is 575 g/mol. The Kier molecular flexibility index (Phi) is 8.36. The lowest BCUT2D eigenvalue weighted by molar-refractivity contribution is -0.129. The van der Waals surface area contributed by atoms with E-state index in [4.69, 9.17) is 4.74 Å². The minimum atomic E-state index is -3.62. The van der Waals surface area contributed by atoms with E-state index in [1.807, 2.05) is 0 Å². The summed E-state index contributed by atoms with van der Waals surface area (Å²) in [7, 11) is -3.62. The smallest absolute Gasteiger partial charge is 0.257 e. The third-order valence-electron chi connectivity index (χ3n) is 7.56. The van der Waals surface area contributed by atoms with Crippen molar-refractivity contribution in [3.05, 3.63) is 45.8 Å². The highest BCUT2D eigenvalue weighted by atomic mass is 32.2. The van der Waals surface area contributed by atoms with Gasteiger partial charge >= 0.3 is 0 Å². The molecular weight excluding hydrogens is 540 g/mol. The van der Waals surface area contributed by atoms with Gasteiger partial charge in [-0.2, -0.15) is 4.31 Å². The first-order chi connectivity index (χ1) is 18.8. The number of ether oxygens (including phenoxy) is 1. The normalized spacial score (nSPS) is 18.8. The lowest BCUT2D eigenvalue weighted by atomic mass is 10.0. The number of morpholine rings is 1. The second-order valence-corrected chi connectivity index (χ2v) is 13.1. The summed E-state index contributed by atoms with van der Waals surface area (Å²) in [5.74, 6) is -0.607. The molecule has 1 N–H and O–H groups in total. The quantitative estimate of drug-likeness (QED) is 0.587. The van der Waals surface area contributed by atoms with E-state index in [2.05, 4.69) is 5.32 Å². The molecule has 0 atom stereocenters. The van der Waals surface area contributed by atoms with Gasteiger partial charge in [-0.15, -0.1) is 11.3 Å². The van der Waals surface area contributed by atoms with E-state index in [1.54, 1.807) is 9.80 Å². The number of sulfonamides is 1. The maximum absolute atomic E-state index is 13.6. The van der Waals surface area contributed by atoms with Gasteiger partial charge in [0.25, 0.3) is 11.8 Å². The van der Waals surface area contributed by atoms with E-state index in [9.17, 15) is 22.8 Å². The summed E-state index contributed by atoms with van der Waals surface area (Å²) >= 11 is 1.32. The van der Waals surface area contributed by atoms with Gasteiger partial charge in [0.05, 0.1) is 30.2 Å². The number of amides is 3. The topological polar surface area (TPSA) is 116 Å². The maximum atomic E-state index is 13.6. The third-order valence-corrected chi connectivity index (χ3v) is 10.6. The molecule has 2 fully saturated rings. The molecule has 2 aromatic rings. The van der Waals surface area contributed by atoms with Crippen molar-refractivity contribution in [2.75, 3.05) is 51.3 Å². The van der Waals surface area contributed by atoms with E-state index in [0.717, 1.165) is 36.1 Å². The molecule has 0 radical (unpaired) electrons. The van der Waals surface area contributed by atoms with Gasteiger partial charge < -0.3 is 19.9 Å². The number of rotatable bonds is 5. The van der Waals surface area contributed by atoms with Crippen LogP contribution in [0, 0.1) is 0 Å². The Bertz CT molecular complexity index is 1340. The van der Waals surface area contributed by atoms with Crippen LogP contribution in [0.15, 0.2) is 29.2 Å². The fraction of sp³-hybridized carbons (Fsp3) is 0.519. The Balaban J connectivity index is 1.38. The lowest BCUT2D eigenvalue weighted by Crippen LogP contribution is -2.41. The molecule has 4 heterocycles. The van der Waals surface area contributed by atoms with Gasteiger partial charge in [0.2, 0.25) is 15.9 Å². The summed E-state index contributed by atoms with van der Waals surface area (Å²) in [6, 6.07) is 5.96. The summed E-state index contributed by atoms with van der Waals surface area (Å²) in [6.45, 7) is 5.34. The molecule has 12 heteroatoms. The van der Waals surface area contributed by atoms with Crippen LogP contribution >= 0.6 is 11.3 Å².